The number of aromatic nitrogens is 4. The van der Waals surface area contributed by atoms with Crippen LogP contribution < -0.4 is 9.47 Å². The molecule has 1 amide bonds. The molecule has 0 aliphatic carbocycles. The van der Waals surface area contributed by atoms with Crippen molar-refractivity contribution in [3.63, 3.8) is 0 Å². The molecule has 0 saturated heterocycles. The molecule has 142 valence electrons. The molecule has 28 heavy (non-hydrogen) atoms. The van der Waals surface area contributed by atoms with E-state index < -0.39 is 5.97 Å². The number of carbonyl (C=O) groups excluding carboxylic acids is 1. The van der Waals surface area contributed by atoms with E-state index in [1.54, 1.807) is 18.2 Å². The molecule has 3 aromatic rings. The van der Waals surface area contributed by atoms with Gasteiger partial charge in [-0.1, -0.05) is 5.16 Å². The van der Waals surface area contributed by atoms with Gasteiger partial charge in [-0.3, -0.25) is 9.48 Å². The molecule has 11 nitrogen and oxygen atoms in total. The van der Waals surface area contributed by atoms with Crippen LogP contribution >= 0.6 is 0 Å². The number of benzene rings is 1. The maximum absolute atomic E-state index is 12.6. The van der Waals surface area contributed by atoms with Gasteiger partial charge in [-0.2, -0.15) is 10.1 Å². The molecule has 0 bridgehead atoms. The predicted octanol–water partition coefficient (Wildman–Crippen LogP) is 1.02. The van der Waals surface area contributed by atoms with Crippen LogP contribution in [0.5, 0.6) is 11.5 Å². The van der Waals surface area contributed by atoms with Crippen molar-refractivity contribution in [2.45, 2.75) is 13.1 Å². The highest BCUT2D eigenvalue weighted by Crippen LogP contribution is 2.35. The number of hydrogen-bond donors (Lipinski definition) is 1. The van der Waals surface area contributed by atoms with Gasteiger partial charge in [-0.05, 0) is 18.2 Å². The lowest BCUT2D eigenvalue weighted by atomic mass is 10.2. The number of carbonyl (C=O) groups is 2. The van der Waals surface area contributed by atoms with E-state index in [0.717, 1.165) is 0 Å². The lowest BCUT2D eigenvalue weighted by Crippen LogP contribution is -2.40. The minimum Gasteiger partial charge on any atom is -0.476 e. The molecule has 0 saturated carbocycles. The van der Waals surface area contributed by atoms with E-state index >= 15 is 0 Å². The zero-order valence-corrected chi connectivity index (χ0v) is 14.4. The SMILES string of the molecule is O=C(O)c1cc2n(n1)CCN(Cc1noc(-c3ccc4c(c3)OCO4)n1)C2=O. The van der Waals surface area contributed by atoms with Crippen molar-refractivity contribution in [2.75, 3.05) is 13.3 Å². The monoisotopic (exact) mass is 383 g/mol. The summed E-state index contributed by atoms with van der Waals surface area (Å²) < 4.78 is 17.3. The summed E-state index contributed by atoms with van der Waals surface area (Å²) >= 11 is 0. The summed E-state index contributed by atoms with van der Waals surface area (Å²) in [5.74, 6) is 0.391. The number of fused-ring (bicyclic) bond motifs is 2. The number of aromatic carboxylic acids is 1. The summed E-state index contributed by atoms with van der Waals surface area (Å²) in [5.41, 5.74) is 0.746. The molecule has 0 radical (unpaired) electrons. The molecule has 4 heterocycles. The first-order chi connectivity index (χ1) is 13.6. The quantitative estimate of drug-likeness (QED) is 0.701. The molecule has 2 aliphatic heterocycles. The number of carboxylic acid groups (broad SMARTS) is 1. The minimum atomic E-state index is -1.17. The van der Waals surface area contributed by atoms with Crippen LogP contribution in [0.15, 0.2) is 28.8 Å². The van der Waals surface area contributed by atoms with Crippen LogP contribution in [-0.2, 0) is 13.1 Å². The van der Waals surface area contributed by atoms with Crippen molar-refractivity contribution < 1.29 is 28.7 Å². The third kappa shape index (κ3) is 2.64. The van der Waals surface area contributed by atoms with Gasteiger partial charge >= 0.3 is 5.97 Å². The first kappa shape index (κ1) is 16.3. The Morgan fingerprint density at radius 3 is 2.89 bits per heavy atom. The van der Waals surface area contributed by atoms with Gasteiger partial charge in [0.1, 0.15) is 5.69 Å². The largest absolute Gasteiger partial charge is 0.476 e. The zero-order chi connectivity index (χ0) is 19.3. The fourth-order valence-electron chi connectivity index (χ4n) is 3.13. The van der Waals surface area contributed by atoms with E-state index in [4.69, 9.17) is 19.1 Å². The predicted molar refractivity (Wildman–Crippen MR) is 89.8 cm³/mol. The fourth-order valence-corrected chi connectivity index (χ4v) is 3.13. The van der Waals surface area contributed by atoms with Crippen molar-refractivity contribution in [1.29, 1.82) is 0 Å². The molecule has 2 aliphatic rings. The van der Waals surface area contributed by atoms with E-state index in [0.29, 0.717) is 41.9 Å². The topological polar surface area (TPSA) is 133 Å². The molecule has 0 atom stereocenters. The van der Waals surface area contributed by atoms with E-state index in [2.05, 4.69) is 15.2 Å². The van der Waals surface area contributed by atoms with Crippen molar-refractivity contribution in [3.8, 4) is 23.0 Å². The molecule has 1 N–H and O–H groups in total. The van der Waals surface area contributed by atoms with Gasteiger partial charge in [0.15, 0.2) is 23.0 Å². The maximum atomic E-state index is 12.6. The maximum Gasteiger partial charge on any atom is 0.356 e. The van der Waals surface area contributed by atoms with Crippen LogP contribution in [0.2, 0.25) is 0 Å². The van der Waals surface area contributed by atoms with Crippen LogP contribution in [0, 0.1) is 0 Å². The Labute approximate surface area is 157 Å². The highest BCUT2D eigenvalue weighted by molar-refractivity contribution is 5.96. The minimum absolute atomic E-state index is 0.139. The smallest absolute Gasteiger partial charge is 0.356 e. The van der Waals surface area contributed by atoms with Gasteiger partial charge < -0.3 is 24.0 Å². The van der Waals surface area contributed by atoms with Gasteiger partial charge in [-0.15, -0.1) is 0 Å². The Kier molecular flexibility index (Phi) is 3.54. The molecular weight excluding hydrogens is 370 g/mol. The van der Waals surface area contributed by atoms with E-state index in [9.17, 15) is 9.59 Å². The Morgan fingerprint density at radius 1 is 1.18 bits per heavy atom. The van der Waals surface area contributed by atoms with Gasteiger partial charge in [0.25, 0.3) is 11.8 Å². The highest BCUT2D eigenvalue weighted by Gasteiger charge is 2.29. The van der Waals surface area contributed by atoms with E-state index in [1.165, 1.54) is 15.6 Å². The lowest BCUT2D eigenvalue weighted by molar-refractivity contribution is 0.0667. The second-order valence-electron chi connectivity index (χ2n) is 6.25. The second-order valence-corrected chi connectivity index (χ2v) is 6.25. The highest BCUT2D eigenvalue weighted by atomic mass is 16.7. The molecule has 5 rings (SSSR count). The second kappa shape index (κ2) is 6.08. The number of carboxylic acids is 1. The Balaban J connectivity index is 1.34. The molecule has 0 spiro atoms. The third-order valence-corrected chi connectivity index (χ3v) is 4.51. The normalized spacial score (nSPS) is 15.0. The number of amides is 1. The van der Waals surface area contributed by atoms with Crippen LogP contribution in [0.4, 0.5) is 0 Å². The van der Waals surface area contributed by atoms with E-state index in [1.807, 2.05) is 0 Å². The van der Waals surface area contributed by atoms with Gasteiger partial charge in [0.05, 0.1) is 13.1 Å². The van der Waals surface area contributed by atoms with Crippen LogP contribution in [0.1, 0.15) is 26.8 Å². The van der Waals surface area contributed by atoms with Gasteiger partial charge in [0.2, 0.25) is 6.79 Å². The molecule has 11 heteroatoms. The summed E-state index contributed by atoms with van der Waals surface area (Å²) in [4.78, 5) is 29.5. The first-order valence-electron chi connectivity index (χ1n) is 8.41. The summed E-state index contributed by atoms with van der Waals surface area (Å²) in [6.45, 7) is 1.06. The Hall–Kier alpha value is -3.89. The Morgan fingerprint density at radius 2 is 2.04 bits per heavy atom. The average molecular weight is 383 g/mol. The number of ether oxygens (including phenoxy) is 2. The molecular formula is C17H13N5O6. The van der Waals surface area contributed by atoms with Gasteiger partial charge in [-0.25, -0.2) is 4.79 Å². The van der Waals surface area contributed by atoms with Crippen LogP contribution in [-0.4, -0.2) is 55.1 Å². The van der Waals surface area contributed by atoms with Crippen molar-refractivity contribution in [3.05, 3.63) is 41.5 Å². The van der Waals surface area contributed by atoms with E-state index in [-0.39, 0.29) is 30.6 Å². The number of hydrogen-bond acceptors (Lipinski definition) is 8. The number of nitrogens with zero attached hydrogens (tertiary/aromatic N) is 5. The lowest BCUT2D eigenvalue weighted by Gasteiger charge is -2.26. The summed E-state index contributed by atoms with van der Waals surface area (Å²) in [6, 6.07) is 6.56. The molecule has 0 fully saturated rings. The molecule has 2 aromatic heterocycles. The van der Waals surface area contributed by atoms with Crippen LogP contribution in [0.3, 0.4) is 0 Å². The van der Waals surface area contributed by atoms with Crippen molar-refractivity contribution in [1.82, 2.24) is 24.8 Å². The van der Waals surface area contributed by atoms with Crippen molar-refractivity contribution in [2.24, 2.45) is 0 Å². The van der Waals surface area contributed by atoms with Crippen LogP contribution in [0.25, 0.3) is 11.5 Å². The average Bonchev–Trinajstić information content (AvgIpc) is 3.42. The molecule has 1 aromatic carbocycles. The number of rotatable bonds is 4. The summed E-state index contributed by atoms with van der Waals surface area (Å²) in [6.07, 6.45) is 0. The molecule has 0 unspecified atom stereocenters. The Bertz CT molecular complexity index is 1100. The third-order valence-electron chi connectivity index (χ3n) is 4.51. The summed E-state index contributed by atoms with van der Waals surface area (Å²) in [5, 5.41) is 16.9. The standard InChI is InChI=1S/C17H13N5O6/c23-16-11-6-10(17(24)25)19-22(11)4-3-21(16)7-14-18-15(28-20-14)9-1-2-12-13(5-9)27-8-26-12/h1-2,5-6H,3-4,7-8H2,(H,24,25). The zero-order valence-electron chi connectivity index (χ0n) is 14.4. The van der Waals surface area contributed by atoms with Gasteiger partial charge in [0, 0.05) is 18.2 Å². The first-order valence-corrected chi connectivity index (χ1v) is 8.41. The fraction of sp³-hybridized carbons (Fsp3) is 0.235. The van der Waals surface area contributed by atoms with Crippen molar-refractivity contribution >= 4 is 11.9 Å². The summed E-state index contributed by atoms with van der Waals surface area (Å²) in [7, 11) is 0.